The highest BCUT2D eigenvalue weighted by Gasteiger charge is 2.19. The Bertz CT molecular complexity index is 483. The number of carbonyl (C=O) groups is 2. The zero-order valence-corrected chi connectivity index (χ0v) is 9.64. The standard InChI is InChI=1S/C12H14N2O4/c15-5-9(6-16)13-12(18)8-2-1-7-4-11(17)14-10(7)3-8/h1-3,9,15-16H,4-6H2,(H,13,18)(H,14,17). The van der Waals surface area contributed by atoms with E-state index < -0.39 is 11.9 Å². The number of nitrogens with one attached hydrogen (secondary N) is 2. The highest BCUT2D eigenvalue weighted by atomic mass is 16.3. The van der Waals surface area contributed by atoms with Crippen LogP contribution in [0.5, 0.6) is 0 Å². The van der Waals surface area contributed by atoms with Crippen LogP contribution in [-0.4, -0.2) is 41.3 Å². The van der Waals surface area contributed by atoms with Gasteiger partial charge in [0.05, 0.1) is 25.7 Å². The van der Waals surface area contributed by atoms with Gasteiger partial charge in [0, 0.05) is 11.3 Å². The molecule has 96 valence electrons. The molecule has 0 aromatic heterocycles. The molecule has 0 aliphatic carbocycles. The Morgan fingerprint density at radius 1 is 1.39 bits per heavy atom. The molecule has 1 aromatic rings. The van der Waals surface area contributed by atoms with E-state index in [0.717, 1.165) is 5.56 Å². The molecule has 0 spiro atoms. The van der Waals surface area contributed by atoms with Crippen LogP contribution in [0, 0.1) is 0 Å². The molecular formula is C12H14N2O4. The Morgan fingerprint density at radius 2 is 2.11 bits per heavy atom. The van der Waals surface area contributed by atoms with E-state index in [1.807, 2.05) is 0 Å². The fourth-order valence-corrected chi connectivity index (χ4v) is 1.77. The van der Waals surface area contributed by atoms with Gasteiger partial charge >= 0.3 is 0 Å². The monoisotopic (exact) mass is 250 g/mol. The van der Waals surface area contributed by atoms with Crippen molar-refractivity contribution in [2.45, 2.75) is 12.5 Å². The molecule has 0 unspecified atom stereocenters. The zero-order chi connectivity index (χ0) is 13.1. The van der Waals surface area contributed by atoms with Crippen molar-refractivity contribution in [3.63, 3.8) is 0 Å². The van der Waals surface area contributed by atoms with E-state index in [4.69, 9.17) is 10.2 Å². The predicted molar refractivity (Wildman–Crippen MR) is 64.2 cm³/mol. The summed E-state index contributed by atoms with van der Waals surface area (Å²) < 4.78 is 0. The van der Waals surface area contributed by atoms with Crippen LogP contribution in [0.4, 0.5) is 5.69 Å². The first-order chi connectivity index (χ1) is 8.63. The first-order valence-corrected chi connectivity index (χ1v) is 5.59. The van der Waals surface area contributed by atoms with Crippen molar-refractivity contribution in [2.24, 2.45) is 0 Å². The number of aliphatic hydroxyl groups is 2. The number of rotatable bonds is 4. The smallest absolute Gasteiger partial charge is 0.251 e. The normalized spacial score (nSPS) is 13.4. The van der Waals surface area contributed by atoms with E-state index in [1.54, 1.807) is 18.2 Å². The molecule has 4 N–H and O–H groups in total. The Balaban J connectivity index is 2.13. The predicted octanol–water partition coefficient (Wildman–Crippen LogP) is -0.736. The van der Waals surface area contributed by atoms with Gasteiger partial charge in [-0.15, -0.1) is 0 Å². The van der Waals surface area contributed by atoms with Crippen molar-refractivity contribution in [3.05, 3.63) is 29.3 Å². The van der Waals surface area contributed by atoms with Crippen molar-refractivity contribution < 1.29 is 19.8 Å². The molecule has 0 atom stereocenters. The SMILES string of the molecule is O=C1Cc2ccc(C(=O)NC(CO)CO)cc2N1. The molecule has 18 heavy (non-hydrogen) atoms. The van der Waals surface area contributed by atoms with E-state index in [0.29, 0.717) is 17.7 Å². The molecule has 0 fully saturated rings. The van der Waals surface area contributed by atoms with Crippen LogP contribution < -0.4 is 10.6 Å². The Morgan fingerprint density at radius 3 is 2.78 bits per heavy atom. The lowest BCUT2D eigenvalue weighted by Gasteiger charge is -2.13. The second-order valence-electron chi connectivity index (χ2n) is 4.13. The summed E-state index contributed by atoms with van der Waals surface area (Å²) >= 11 is 0. The van der Waals surface area contributed by atoms with Crippen LogP contribution >= 0.6 is 0 Å². The maximum Gasteiger partial charge on any atom is 0.251 e. The summed E-state index contributed by atoms with van der Waals surface area (Å²) in [7, 11) is 0. The average molecular weight is 250 g/mol. The minimum Gasteiger partial charge on any atom is -0.394 e. The lowest BCUT2D eigenvalue weighted by Crippen LogP contribution is -2.40. The lowest BCUT2D eigenvalue weighted by atomic mass is 10.1. The summed E-state index contributed by atoms with van der Waals surface area (Å²) in [6, 6.07) is 4.23. The number of aliphatic hydroxyl groups excluding tert-OH is 2. The van der Waals surface area contributed by atoms with E-state index in [2.05, 4.69) is 10.6 Å². The second kappa shape index (κ2) is 5.16. The molecule has 0 radical (unpaired) electrons. The first kappa shape index (κ1) is 12.5. The van der Waals surface area contributed by atoms with E-state index in [1.165, 1.54) is 0 Å². The number of hydrogen-bond acceptors (Lipinski definition) is 4. The number of benzene rings is 1. The Hall–Kier alpha value is -1.92. The molecule has 1 aliphatic rings. The topological polar surface area (TPSA) is 98.7 Å². The second-order valence-corrected chi connectivity index (χ2v) is 4.13. The van der Waals surface area contributed by atoms with E-state index >= 15 is 0 Å². The fourth-order valence-electron chi connectivity index (χ4n) is 1.77. The van der Waals surface area contributed by atoms with Crippen LogP contribution in [0.2, 0.25) is 0 Å². The van der Waals surface area contributed by atoms with Gasteiger partial charge in [-0.05, 0) is 17.7 Å². The summed E-state index contributed by atoms with van der Waals surface area (Å²) in [6.07, 6.45) is 0.327. The summed E-state index contributed by atoms with van der Waals surface area (Å²) in [5.41, 5.74) is 1.87. The molecule has 1 aromatic carbocycles. The summed E-state index contributed by atoms with van der Waals surface area (Å²) in [5, 5.41) is 22.9. The van der Waals surface area contributed by atoms with E-state index in [-0.39, 0.29) is 19.1 Å². The highest BCUT2D eigenvalue weighted by molar-refractivity contribution is 6.02. The molecule has 0 bridgehead atoms. The number of carbonyl (C=O) groups excluding carboxylic acids is 2. The van der Waals surface area contributed by atoms with Gasteiger partial charge in [-0.1, -0.05) is 6.07 Å². The van der Waals surface area contributed by atoms with Gasteiger partial charge in [0.25, 0.3) is 5.91 Å². The molecule has 6 heteroatoms. The maximum absolute atomic E-state index is 11.8. The quantitative estimate of drug-likeness (QED) is 0.566. The van der Waals surface area contributed by atoms with E-state index in [9.17, 15) is 9.59 Å². The van der Waals surface area contributed by atoms with Gasteiger partial charge in [-0.2, -0.15) is 0 Å². The fraction of sp³-hybridized carbons (Fsp3) is 0.333. The summed E-state index contributed by atoms with van der Waals surface area (Å²) in [4.78, 5) is 23.0. The van der Waals surface area contributed by atoms with Crippen molar-refractivity contribution in [1.29, 1.82) is 0 Å². The minimum atomic E-state index is -0.680. The van der Waals surface area contributed by atoms with Gasteiger partial charge in [0.2, 0.25) is 5.91 Å². The van der Waals surface area contributed by atoms with Crippen LogP contribution in [0.15, 0.2) is 18.2 Å². The largest absolute Gasteiger partial charge is 0.394 e. The molecule has 2 rings (SSSR count). The lowest BCUT2D eigenvalue weighted by molar-refractivity contribution is -0.115. The molecule has 1 aliphatic heterocycles. The third-order valence-electron chi connectivity index (χ3n) is 2.77. The number of anilines is 1. The molecule has 0 saturated carbocycles. The molecule has 0 saturated heterocycles. The van der Waals surface area contributed by atoms with Crippen LogP contribution in [0.25, 0.3) is 0 Å². The third kappa shape index (κ3) is 2.49. The third-order valence-corrected chi connectivity index (χ3v) is 2.77. The average Bonchev–Trinajstić information content (AvgIpc) is 2.74. The number of hydrogen-bond donors (Lipinski definition) is 4. The molecule has 6 nitrogen and oxygen atoms in total. The van der Waals surface area contributed by atoms with Gasteiger partial charge in [-0.3, -0.25) is 9.59 Å². The maximum atomic E-state index is 11.8. The van der Waals surface area contributed by atoms with Crippen LogP contribution in [0.1, 0.15) is 15.9 Å². The summed E-state index contributed by atoms with van der Waals surface area (Å²) in [5.74, 6) is -0.488. The highest BCUT2D eigenvalue weighted by Crippen LogP contribution is 2.23. The number of amides is 2. The number of fused-ring (bicyclic) bond motifs is 1. The van der Waals surface area contributed by atoms with Crippen molar-refractivity contribution >= 4 is 17.5 Å². The van der Waals surface area contributed by atoms with Gasteiger partial charge in [-0.25, -0.2) is 0 Å². The van der Waals surface area contributed by atoms with Crippen molar-refractivity contribution in [2.75, 3.05) is 18.5 Å². The molecule has 2 amide bonds. The Kier molecular flexibility index (Phi) is 3.59. The molecule has 1 heterocycles. The first-order valence-electron chi connectivity index (χ1n) is 5.59. The van der Waals surface area contributed by atoms with Gasteiger partial charge in [0.1, 0.15) is 0 Å². The van der Waals surface area contributed by atoms with Gasteiger partial charge < -0.3 is 20.8 Å². The summed E-state index contributed by atoms with van der Waals surface area (Å²) in [6.45, 7) is -0.659. The molecular weight excluding hydrogens is 236 g/mol. The minimum absolute atomic E-state index is 0.0915. The van der Waals surface area contributed by atoms with Crippen LogP contribution in [0.3, 0.4) is 0 Å². The van der Waals surface area contributed by atoms with Crippen LogP contribution in [-0.2, 0) is 11.2 Å². The van der Waals surface area contributed by atoms with Crippen molar-refractivity contribution in [3.8, 4) is 0 Å². The van der Waals surface area contributed by atoms with Crippen molar-refractivity contribution in [1.82, 2.24) is 5.32 Å². The zero-order valence-electron chi connectivity index (χ0n) is 9.64. The Labute approximate surface area is 104 Å². The van der Waals surface area contributed by atoms with Gasteiger partial charge in [0.15, 0.2) is 0 Å².